The number of hydrogen-bond donors (Lipinski definition) is 4. The summed E-state index contributed by atoms with van der Waals surface area (Å²) in [6, 6.07) is 0.432. The van der Waals surface area contributed by atoms with Crippen molar-refractivity contribution in [3.63, 3.8) is 0 Å². The number of aliphatic hydroxyl groups excluding tert-OH is 2. The summed E-state index contributed by atoms with van der Waals surface area (Å²) in [6.45, 7) is 0.838. The van der Waals surface area contributed by atoms with Crippen LogP contribution in [0.2, 0.25) is 0 Å². The lowest BCUT2D eigenvalue weighted by atomic mass is 10.3. The van der Waals surface area contributed by atoms with Gasteiger partial charge in [0.1, 0.15) is 0 Å². The molecule has 0 bridgehead atoms. The highest BCUT2D eigenvalue weighted by Gasteiger charge is 2.22. The second-order valence-corrected chi connectivity index (χ2v) is 3.99. The molecule has 15 heavy (non-hydrogen) atoms. The van der Waals surface area contributed by atoms with Crippen LogP contribution in [-0.4, -0.2) is 48.0 Å². The van der Waals surface area contributed by atoms with Crippen molar-refractivity contribution in [2.45, 2.75) is 37.8 Å². The molecule has 88 valence electrons. The van der Waals surface area contributed by atoms with Crippen LogP contribution in [0, 0.1) is 0 Å². The Bertz CT molecular complexity index is 195. The quantitative estimate of drug-likeness (QED) is 0.392. The summed E-state index contributed by atoms with van der Waals surface area (Å²) < 4.78 is 0. The third-order valence-electron chi connectivity index (χ3n) is 2.29. The van der Waals surface area contributed by atoms with Crippen LogP contribution in [0.1, 0.15) is 25.7 Å². The van der Waals surface area contributed by atoms with Gasteiger partial charge in [0.2, 0.25) is 5.91 Å². The van der Waals surface area contributed by atoms with Crippen LogP contribution in [0.15, 0.2) is 0 Å². The van der Waals surface area contributed by atoms with Crippen LogP contribution in [0.25, 0.3) is 0 Å². The zero-order valence-electron chi connectivity index (χ0n) is 8.91. The standard InChI is InChI=1S/C10H20N2O3/c13-7-9(14)6-11-5-1-2-10(15)12-8-3-4-8/h8-9,11,13-14H,1-7H2,(H,12,15). The van der Waals surface area contributed by atoms with Gasteiger partial charge in [0.15, 0.2) is 0 Å². The van der Waals surface area contributed by atoms with E-state index in [0.29, 0.717) is 25.6 Å². The normalized spacial score (nSPS) is 17.5. The van der Waals surface area contributed by atoms with Crippen LogP contribution < -0.4 is 10.6 Å². The van der Waals surface area contributed by atoms with Crippen molar-refractivity contribution in [2.24, 2.45) is 0 Å². The Hall–Kier alpha value is -0.650. The summed E-state index contributed by atoms with van der Waals surface area (Å²) in [5.74, 6) is 0.113. The van der Waals surface area contributed by atoms with E-state index in [2.05, 4.69) is 10.6 Å². The van der Waals surface area contributed by atoms with E-state index in [0.717, 1.165) is 19.3 Å². The minimum absolute atomic E-state index is 0.113. The van der Waals surface area contributed by atoms with E-state index in [1.54, 1.807) is 0 Å². The molecule has 0 aromatic heterocycles. The lowest BCUT2D eigenvalue weighted by Crippen LogP contribution is -2.31. The zero-order chi connectivity index (χ0) is 11.1. The average Bonchev–Trinajstić information content (AvgIpc) is 3.00. The van der Waals surface area contributed by atoms with Crippen molar-refractivity contribution in [3.05, 3.63) is 0 Å². The third-order valence-corrected chi connectivity index (χ3v) is 2.29. The summed E-state index contributed by atoms with van der Waals surface area (Å²) >= 11 is 0. The molecule has 1 atom stereocenters. The summed E-state index contributed by atoms with van der Waals surface area (Å²) in [6.07, 6.45) is 2.82. The van der Waals surface area contributed by atoms with Crippen molar-refractivity contribution in [1.29, 1.82) is 0 Å². The van der Waals surface area contributed by atoms with Gasteiger partial charge in [-0.15, -0.1) is 0 Å². The Balaban J connectivity index is 1.85. The molecule has 5 heteroatoms. The van der Waals surface area contributed by atoms with Crippen LogP contribution in [0.4, 0.5) is 0 Å². The number of carbonyl (C=O) groups excluding carboxylic acids is 1. The molecule has 0 radical (unpaired) electrons. The van der Waals surface area contributed by atoms with Crippen molar-refractivity contribution in [1.82, 2.24) is 10.6 Å². The van der Waals surface area contributed by atoms with Crippen molar-refractivity contribution in [3.8, 4) is 0 Å². The molecule has 0 spiro atoms. The van der Waals surface area contributed by atoms with Crippen LogP contribution >= 0.6 is 0 Å². The zero-order valence-corrected chi connectivity index (χ0v) is 8.91. The number of amides is 1. The highest BCUT2D eigenvalue weighted by molar-refractivity contribution is 5.76. The van der Waals surface area contributed by atoms with Crippen LogP contribution in [0.5, 0.6) is 0 Å². The fourth-order valence-electron chi connectivity index (χ4n) is 1.23. The topological polar surface area (TPSA) is 81.6 Å². The molecule has 0 aliphatic heterocycles. The Labute approximate surface area is 89.9 Å². The van der Waals surface area contributed by atoms with Crippen molar-refractivity contribution >= 4 is 5.91 Å². The first kappa shape index (κ1) is 12.4. The first-order valence-electron chi connectivity index (χ1n) is 5.51. The van der Waals surface area contributed by atoms with E-state index in [1.165, 1.54) is 0 Å². The average molecular weight is 216 g/mol. The highest BCUT2D eigenvalue weighted by atomic mass is 16.3. The van der Waals surface area contributed by atoms with E-state index in [1.807, 2.05) is 0 Å². The van der Waals surface area contributed by atoms with E-state index >= 15 is 0 Å². The molecule has 1 fully saturated rings. The molecule has 1 rings (SSSR count). The monoisotopic (exact) mass is 216 g/mol. The Morgan fingerprint density at radius 3 is 2.80 bits per heavy atom. The number of carbonyl (C=O) groups is 1. The third kappa shape index (κ3) is 6.43. The van der Waals surface area contributed by atoms with Gasteiger partial charge < -0.3 is 20.8 Å². The number of aliphatic hydroxyl groups is 2. The molecule has 1 aliphatic rings. The first-order valence-corrected chi connectivity index (χ1v) is 5.51. The van der Waals surface area contributed by atoms with Gasteiger partial charge in [-0.05, 0) is 25.8 Å². The van der Waals surface area contributed by atoms with Gasteiger partial charge in [-0.25, -0.2) is 0 Å². The summed E-state index contributed by atoms with van der Waals surface area (Å²) in [5.41, 5.74) is 0. The van der Waals surface area contributed by atoms with Gasteiger partial charge in [-0.3, -0.25) is 4.79 Å². The van der Waals surface area contributed by atoms with Gasteiger partial charge in [-0.2, -0.15) is 0 Å². The maximum atomic E-state index is 11.2. The molecule has 5 nitrogen and oxygen atoms in total. The molecule has 4 N–H and O–H groups in total. The van der Waals surface area contributed by atoms with Crippen molar-refractivity contribution < 1.29 is 15.0 Å². The molecule has 1 aliphatic carbocycles. The second-order valence-electron chi connectivity index (χ2n) is 3.99. The van der Waals surface area contributed by atoms with Crippen molar-refractivity contribution in [2.75, 3.05) is 19.7 Å². The fraction of sp³-hybridized carbons (Fsp3) is 0.900. The number of rotatable bonds is 8. The second kappa shape index (κ2) is 6.76. The lowest BCUT2D eigenvalue weighted by molar-refractivity contribution is -0.121. The molecular formula is C10H20N2O3. The largest absolute Gasteiger partial charge is 0.394 e. The number of hydrogen-bond acceptors (Lipinski definition) is 4. The Kier molecular flexibility index (Phi) is 5.60. The maximum absolute atomic E-state index is 11.2. The predicted molar refractivity (Wildman–Crippen MR) is 56.4 cm³/mol. The molecule has 0 saturated heterocycles. The van der Waals surface area contributed by atoms with Gasteiger partial charge in [-0.1, -0.05) is 0 Å². The van der Waals surface area contributed by atoms with Gasteiger partial charge >= 0.3 is 0 Å². The summed E-state index contributed by atoms with van der Waals surface area (Å²) in [7, 11) is 0. The Morgan fingerprint density at radius 1 is 1.47 bits per heavy atom. The Morgan fingerprint density at radius 2 is 2.20 bits per heavy atom. The molecule has 1 saturated carbocycles. The predicted octanol–water partition coefficient (Wildman–Crippen LogP) is -1.01. The molecular weight excluding hydrogens is 196 g/mol. The highest BCUT2D eigenvalue weighted by Crippen LogP contribution is 2.18. The van der Waals surface area contributed by atoms with E-state index in [4.69, 9.17) is 10.2 Å². The summed E-state index contributed by atoms with van der Waals surface area (Å²) in [5, 5.41) is 23.4. The smallest absolute Gasteiger partial charge is 0.220 e. The van der Waals surface area contributed by atoms with E-state index in [9.17, 15) is 4.79 Å². The SMILES string of the molecule is O=C(CCCNCC(O)CO)NC1CC1. The molecule has 0 aromatic rings. The van der Waals surface area contributed by atoms with Gasteiger partial charge in [0.25, 0.3) is 0 Å². The minimum Gasteiger partial charge on any atom is -0.394 e. The minimum atomic E-state index is -0.703. The fourth-order valence-corrected chi connectivity index (χ4v) is 1.23. The summed E-state index contributed by atoms with van der Waals surface area (Å²) in [4.78, 5) is 11.2. The van der Waals surface area contributed by atoms with E-state index < -0.39 is 6.10 Å². The lowest BCUT2D eigenvalue weighted by Gasteiger charge is -2.08. The van der Waals surface area contributed by atoms with E-state index in [-0.39, 0.29) is 12.5 Å². The first-order chi connectivity index (χ1) is 7.22. The molecule has 1 amide bonds. The molecule has 0 aromatic carbocycles. The number of nitrogens with one attached hydrogen (secondary N) is 2. The molecule has 1 unspecified atom stereocenters. The van der Waals surface area contributed by atoms with Gasteiger partial charge in [0.05, 0.1) is 12.7 Å². The van der Waals surface area contributed by atoms with Crippen LogP contribution in [-0.2, 0) is 4.79 Å². The molecule has 0 heterocycles. The van der Waals surface area contributed by atoms with Crippen LogP contribution in [0.3, 0.4) is 0 Å². The maximum Gasteiger partial charge on any atom is 0.220 e. The van der Waals surface area contributed by atoms with Gasteiger partial charge in [0, 0.05) is 19.0 Å².